The Morgan fingerprint density at radius 2 is 2.27 bits per heavy atom. The van der Waals surface area contributed by atoms with Gasteiger partial charge in [0.15, 0.2) is 0 Å². The third-order valence-corrected chi connectivity index (χ3v) is 2.45. The zero-order valence-electron chi connectivity index (χ0n) is 9.03. The molecule has 0 aromatic carbocycles. The summed E-state index contributed by atoms with van der Waals surface area (Å²) in [5.74, 6) is -0.859. The Balaban J connectivity index is 2.82. The Kier molecular flexibility index (Phi) is 4.05. The highest BCUT2D eigenvalue weighted by atomic mass is 16.5. The lowest BCUT2D eigenvalue weighted by molar-refractivity contribution is -0.148. The molecule has 0 fully saturated rings. The van der Waals surface area contributed by atoms with E-state index >= 15 is 0 Å². The van der Waals surface area contributed by atoms with Crippen LogP contribution in [0, 0.1) is 5.41 Å². The van der Waals surface area contributed by atoms with Gasteiger partial charge >= 0.3 is 5.97 Å². The molecule has 1 atom stereocenters. The van der Waals surface area contributed by atoms with E-state index in [-0.39, 0.29) is 6.61 Å². The van der Waals surface area contributed by atoms with Crippen LogP contribution in [0.4, 0.5) is 0 Å². The number of carboxylic acid groups (broad SMARTS) is 1. The summed E-state index contributed by atoms with van der Waals surface area (Å²) in [6.07, 6.45) is 5.77. The van der Waals surface area contributed by atoms with E-state index in [4.69, 9.17) is 9.47 Å². The standard InChI is InChI=1S/C11H16O4/c1-14-7-9-4-3-5-11(6-9,8-15-2)10(12)13/h3-5H,6-8H2,1-2H3,(H,12,13). The SMILES string of the molecule is COCC1=CC=CC(COC)(C(=O)O)C1. The minimum atomic E-state index is -0.933. The van der Waals surface area contributed by atoms with E-state index in [1.807, 2.05) is 6.08 Å². The highest BCUT2D eigenvalue weighted by Gasteiger charge is 2.38. The maximum absolute atomic E-state index is 11.2. The second-order valence-electron chi connectivity index (χ2n) is 3.69. The molecule has 0 bridgehead atoms. The zero-order chi connectivity index (χ0) is 11.3. The Labute approximate surface area is 89.2 Å². The van der Waals surface area contributed by atoms with Gasteiger partial charge in [-0.2, -0.15) is 0 Å². The van der Waals surface area contributed by atoms with Crippen LogP contribution in [0.2, 0.25) is 0 Å². The number of rotatable bonds is 5. The van der Waals surface area contributed by atoms with Gasteiger partial charge in [0.25, 0.3) is 0 Å². The molecule has 0 saturated carbocycles. The summed E-state index contributed by atoms with van der Waals surface area (Å²) in [4.78, 5) is 11.2. The first kappa shape index (κ1) is 11.9. The molecule has 84 valence electrons. The smallest absolute Gasteiger partial charge is 0.316 e. The van der Waals surface area contributed by atoms with Crippen molar-refractivity contribution >= 4 is 5.97 Å². The molecule has 1 unspecified atom stereocenters. The van der Waals surface area contributed by atoms with Gasteiger partial charge in [-0.25, -0.2) is 0 Å². The number of hydrogen-bond acceptors (Lipinski definition) is 3. The van der Waals surface area contributed by atoms with Crippen LogP contribution in [0.5, 0.6) is 0 Å². The second-order valence-corrected chi connectivity index (χ2v) is 3.69. The minimum absolute atomic E-state index is 0.180. The lowest BCUT2D eigenvalue weighted by Crippen LogP contribution is -2.35. The summed E-state index contributed by atoms with van der Waals surface area (Å²) in [7, 11) is 3.10. The molecular formula is C11H16O4. The summed E-state index contributed by atoms with van der Waals surface area (Å²) in [6.45, 7) is 0.642. The van der Waals surface area contributed by atoms with Gasteiger partial charge in [-0.1, -0.05) is 18.2 Å². The molecule has 0 aromatic rings. The van der Waals surface area contributed by atoms with Crippen molar-refractivity contribution in [1.29, 1.82) is 0 Å². The van der Waals surface area contributed by atoms with Crippen LogP contribution in [0.1, 0.15) is 6.42 Å². The average Bonchev–Trinajstić information content (AvgIpc) is 2.19. The van der Waals surface area contributed by atoms with E-state index in [0.29, 0.717) is 13.0 Å². The first-order valence-corrected chi connectivity index (χ1v) is 4.73. The summed E-state index contributed by atoms with van der Waals surface area (Å²) < 4.78 is 9.97. The maximum Gasteiger partial charge on any atom is 0.316 e. The van der Waals surface area contributed by atoms with Crippen molar-refractivity contribution in [3.8, 4) is 0 Å². The number of allylic oxidation sites excluding steroid dienone is 2. The zero-order valence-corrected chi connectivity index (χ0v) is 9.03. The normalized spacial score (nSPS) is 25.1. The van der Waals surface area contributed by atoms with Crippen LogP contribution in [0.3, 0.4) is 0 Å². The fraction of sp³-hybridized carbons (Fsp3) is 0.545. The first-order chi connectivity index (χ1) is 7.14. The number of hydrogen-bond donors (Lipinski definition) is 1. The van der Waals surface area contributed by atoms with Gasteiger partial charge in [0.2, 0.25) is 0 Å². The van der Waals surface area contributed by atoms with Crippen molar-refractivity contribution in [3.63, 3.8) is 0 Å². The van der Waals surface area contributed by atoms with Gasteiger partial charge in [0, 0.05) is 14.2 Å². The molecular weight excluding hydrogens is 196 g/mol. The van der Waals surface area contributed by atoms with Crippen LogP contribution < -0.4 is 0 Å². The third-order valence-electron chi connectivity index (χ3n) is 2.45. The van der Waals surface area contributed by atoms with E-state index < -0.39 is 11.4 Å². The van der Waals surface area contributed by atoms with E-state index in [1.165, 1.54) is 7.11 Å². The largest absolute Gasteiger partial charge is 0.481 e. The van der Waals surface area contributed by atoms with E-state index in [1.54, 1.807) is 19.3 Å². The highest BCUT2D eigenvalue weighted by molar-refractivity contribution is 5.78. The summed E-state index contributed by atoms with van der Waals surface area (Å²) in [5.41, 5.74) is 0.0385. The van der Waals surface area contributed by atoms with Gasteiger partial charge in [0.05, 0.1) is 13.2 Å². The number of aliphatic carboxylic acids is 1. The van der Waals surface area contributed by atoms with Gasteiger partial charge < -0.3 is 14.6 Å². The average molecular weight is 212 g/mol. The van der Waals surface area contributed by atoms with Gasteiger partial charge in [0.1, 0.15) is 5.41 Å². The van der Waals surface area contributed by atoms with Crippen molar-refractivity contribution in [3.05, 3.63) is 23.8 Å². The quantitative estimate of drug-likeness (QED) is 0.744. The molecule has 0 aromatic heterocycles. The van der Waals surface area contributed by atoms with Crippen LogP contribution in [-0.4, -0.2) is 38.5 Å². The van der Waals surface area contributed by atoms with Crippen molar-refractivity contribution in [2.45, 2.75) is 6.42 Å². The maximum atomic E-state index is 11.2. The molecule has 4 heteroatoms. The Morgan fingerprint density at radius 3 is 2.80 bits per heavy atom. The minimum Gasteiger partial charge on any atom is -0.481 e. The van der Waals surface area contributed by atoms with E-state index in [9.17, 15) is 9.90 Å². The summed E-state index contributed by atoms with van der Waals surface area (Å²) in [5, 5.41) is 9.21. The molecule has 1 N–H and O–H groups in total. The molecule has 0 amide bonds. The lowest BCUT2D eigenvalue weighted by atomic mass is 9.79. The van der Waals surface area contributed by atoms with Crippen molar-refractivity contribution in [2.24, 2.45) is 5.41 Å². The van der Waals surface area contributed by atoms with E-state index in [0.717, 1.165) is 5.57 Å². The first-order valence-electron chi connectivity index (χ1n) is 4.73. The molecule has 1 rings (SSSR count). The van der Waals surface area contributed by atoms with Crippen LogP contribution in [0.25, 0.3) is 0 Å². The predicted octanol–water partition coefficient (Wildman–Crippen LogP) is 1.24. The van der Waals surface area contributed by atoms with Crippen LogP contribution in [-0.2, 0) is 14.3 Å². The third kappa shape index (κ3) is 2.67. The monoisotopic (exact) mass is 212 g/mol. The predicted molar refractivity (Wildman–Crippen MR) is 55.7 cm³/mol. The Bertz CT molecular complexity index is 293. The fourth-order valence-electron chi connectivity index (χ4n) is 1.74. The molecule has 4 nitrogen and oxygen atoms in total. The molecule has 0 saturated heterocycles. The molecule has 1 aliphatic rings. The van der Waals surface area contributed by atoms with Gasteiger partial charge in [-0.05, 0) is 12.0 Å². The summed E-state index contributed by atoms with van der Waals surface area (Å²) in [6, 6.07) is 0. The topological polar surface area (TPSA) is 55.8 Å². The number of carboxylic acids is 1. The van der Waals surface area contributed by atoms with Gasteiger partial charge in [-0.3, -0.25) is 4.79 Å². The number of carbonyl (C=O) groups is 1. The number of ether oxygens (including phenoxy) is 2. The molecule has 0 radical (unpaired) electrons. The highest BCUT2D eigenvalue weighted by Crippen LogP contribution is 2.32. The molecule has 0 heterocycles. The lowest BCUT2D eigenvalue weighted by Gasteiger charge is -2.28. The molecule has 0 aliphatic heterocycles. The molecule has 0 spiro atoms. The fourth-order valence-corrected chi connectivity index (χ4v) is 1.74. The van der Waals surface area contributed by atoms with Crippen molar-refractivity contribution in [1.82, 2.24) is 0 Å². The summed E-state index contributed by atoms with van der Waals surface area (Å²) >= 11 is 0. The molecule has 1 aliphatic carbocycles. The Morgan fingerprint density at radius 1 is 1.53 bits per heavy atom. The molecule has 15 heavy (non-hydrogen) atoms. The van der Waals surface area contributed by atoms with E-state index in [2.05, 4.69) is 0 Å². The van der Waals surface area contributed by atoms with Crippen molar-refractivity contribution < 1.29 is 19.4 Å². The van der Waals surface area contributed by atoms with Crippen LogP contribution in [0.15, 0.2) is 23.8 Å². The van der Waals surface area contributed by atoms with Crippen LogP contribution >= 0.6 is 0 Å². The second kappa shape index (κ2) is 5.09. The van der Waals surface area contributed by atoms with Gasteiger partial charge in [-0.15, -0.1) is 0 Å². The number of methoxy groups -OCH3 is 2. The Hall–Kier alpha value is -1.13. The van der Waals surface area contributed by atoms with Crippen molar-refractivity contribution in [2.75, 3.05) is 27.4 Å².